The smallest absolute Gasteiger partial charge is 0.194 e. The number of aryl methyl sites for hydroxylation is 1. The molecule has 0 bridgehead atoms. The molecule has 2 heterocycles. The number of anilines is 1. The van der Waals surface area contributed by atoms with E-state index in [9.17, 15) is 0 Å². The Balaban J connectivity index is 0.00000218. The van der Waals surface area contributed by atoms with Gasteiger partial charge in [0.25, 0.3) is 0 Å². The summed E-state index contributed by atoms with van der Waals surface area (Å²) in [6.45, 7) is 3.45. The molecule has 1 atom stereocenters. The van der Waals surface area contributed by atoms with Crippen LogP contribution in [0.5, 0.6) is 5.75 Å². The minimum Gasteiger partial charge on any atom is -0.497 e. The molecule has 0 aromatic heterocycles. The van der Waals surface area contributed by atoms with Crippen LogP contribution < -0.4 is 20.7 Å². The van der Waals surface area contributed by atoms with Crippen molar-refractivity contribution in [1.29, 1.82) is 0 Å². The maximum Gasteiger partial charge on any atom is 0.194 e. The van der Waals surface area contributed by atoms with Crippen molar-refractivity contribution in [3.63, 3.8) is 0 Å². The highest BCUT2D eigenvalue weighted by molar-refractivity contribution is 5.93. The van der Waals surface area contributed by atoms with Crippen LogP contribution in [-0.4, -0.2) is 39.4 Å². The lowest BCUT2D eigenvalue weighted by Crippen LogP contribution is -2.37. The van der Waals surface area contributed by atoms with Gasteiger partial charge >= 0.3 is 0 Å². The van der Waals surface area contributed by atoms with Crippen LogP contribution in [0.3, 0.4) is 0 Å². The number of fused-ring (bicyclic) bond motifs is 2. The summed E-state index contributed by atoms with van der Waals surface area (Å²) in [5, 5.41) is 3.32. The third kappa shape index (κ3) is 3.73. The number of guanidine groups is 1. The molecule has 0 amide bonds. The van der Waals surface area contributed by atoms with Gasteiger partial charge in [0.1, 0.15) is 11.8 Å². The van der Waals surface area contributed by atoms with Gasteiger partial charge in [0.05, 0.1) is 26.0 Å². The van der Waals surface area contributed by atoms with E-state index in [0.29, 0.717) is 5.96 Å². The van der Waals surface area contributed by atoms with Crippen LogP contribution in [0.4, 0.5) is 5.69 Å². The Bertz CT molecular complexity index is 981. The number of aliphatic imine (C=N–C) groups is 1. The van der Waals surface area contributed by atoms with Gasteiger partial charge in [-0.2, -0.15) is 0 Å². The summed E-state index contributed by atoms with van der Waals surface area (Å²) in [5.74, 6) is 1.36. The second-order valence-electron chi connectivity index (χ2n) is 7.66. The molecular formula is C23H27ClN4O2. The van der Waals surface area contributed by atoms with E-state index < -0.39 is 0 Å². The molecule has 3 N–H and O–H groups in total. The highest BCUT2D eigenvalue weighted by atomic mass is 35.5. The lowest BCUT2D eigenvalue weighted by atomic mass is 9.83. The summed E-state index contributed by atoms with van der Waals surface area (Å²) in [7, 11) is 1.70. The minimum absolute atomic E-state index is 0. The fourth-order valence-corrected chi connectivity index (χ4v) is 4.48. The summed E-state index contributed by atoms with van der Waals surface area (Å²) < 4.78 is 10.9. The van der Waals surface area contributed by atoms with Gasteiger partial charge in [-0.25, -0.2) is 4.99 Å². The van der Waals surface area contributed by atoms with Gasteiger partial charge in [0.15, 0.2) is 5.96 Å². The standard InChI is InChI=1S/C23H26N4O2.ClH/c1-28-18-7-9-19-16(14-18)4-8-20-21(25-23(24)26-22(19)20)15-2-5-17(6-3-15)27-10-12-29-13-11-27;/h2-3,5-7,9,14,21H,4,8,10-13H2,1H3,(H3,24,25,26);1H. The van der Waals surface area contributed by atoms with Crippen LogP contribution in [-0.2, 0) is 11.2 Å². The van der Waals surface area contributed by atoms with Crippen molar-refractivity contribution in [2.45, 2.75) is 18.9 Å². The predicted octanol–water partition coefficient (Wildman–Crippen LogP) is 3.27. The molecule has 2 aromatic rings. The van der Waals surface area contributed by atoms with Crippen LogP contribution >= 0.6 is 12.4 Å². The first-order valence-electron chi connectivity index (χ1n) is 10.2. The van der Waals surface area contributed by atoms with Gasteiger partial charge in [0, 0.05) is 24.3 Å². The third-order valence-electron chi connectivity index (χ3n) is 6.00. The molecule has 1 saturated heterocycles. The molecule has 3 aliphatic rings. The Morgan fingerprint density at radius 1 is 1.10 bits per heavy atom. The number of benzene rings is 2. The average Bonchev–Trinajstić information content (AvgIpc) is 2.78. The van der Waals surface area contributed by atoms with E-state index in [0.717, 1.165) is 50.6 Å². The summed E-state index contributed by atoms with van der Waals surface area (Å²) in [4.78, 5) is 7.12. The number of hydrogen-bond acceptors (Lipinski definition) is 6. The molecule has 30 heavy (non-hydrogen) atoms. The van der Waals surface area contributed by atoms with Crippen molar-refractivity contribution in [2.75, 3.05) is 38.3 Å². The molecule has 6 nitrogen and oxygen atoms in total. The zero-order chi connectivity index (χ0) is 19.8. The molecule has 5 rings (SSSR count). The zero-order valence-electron chi connectivity index (χ0n) is 17.1. The number of methoxy groups -OCH3 is 1. The molecule has 1 aliphatic carbocycles. The Kier molecular flexibility index (Phi) is 5.88. The molecule has 0 spiro atoms. The summed E-state index contributed by atoms with van der Waals surface area (Å²) >= 11 is 0. The number of halogens is 1. The normalized spacial score (nSPS) is 20.4. The van der Waals surface area contributed by atoms with Gasteiger partial charge < -0.3 is 25.4 Å². The monoisotopic (exact) mass is 426 g/mol. The van der Waals surface area contributed by atoms with Crippen molar-refractivity contribution in [3.05, 3.63) is 64.7 Å². The highest BCUT2D eigenvalue weighted by Gasteiger charge is 2.30. The molecule has 158 valence electrons. The zero-order valence-corrected chi connectivity index (χ0v) is 17.9. The van der Waals surface area contributed by atoms with Crippen LogP contribution in [0, 0.1) is 0 Å². The Morgan fingerprint density at radius 3 is 2.60 bits per heavy atom. The first-order valence-corrected chi connectivity index (χ1v) is 10.2. The van der Waals surface area contributed by atoms with Gasteiger partial charge in [-0.1, -0.05) is 12.1 Å². The lowest BCUT2D eigenvalue weighted by Gasteiger charge is -2.32. The molecule has 0 radical (unpaired) electrons. The summed E-state index contributed by atoms with van der Waals surface area (Å²) in [6, 6.07) is 15.0. The average molecular weight is 427 g/mol. The van der Waals surface area contributed by atoms with Crippen molar-refractivity contribution < 1.29 is 9.47 Å². The maximum absolute atomic E-state index is 6.19. The van der Waals surface area contributed by atoms with Crippen molar-refractivity contribution in [1.82, 2.24) is 5.32 Å². The predicted molar refractivity (Wildman–Crippen MR) is 122 cm³/mol. The number of morpholine rings is 1. The van der Waals surface area contributed by atoms with E-state index in [2.05, 4.69) is 46.6 Å². The van der Waals surface area contributed by atoms with Crippen LogP contribution in [0.15, 0.2) is 53.0 Å². The highest BCUT2D eigenvalue weighted by Crippen LogP contribution is 2.41. The molecule has 1 unspecified atom stereocenters. The number of ether oxygens (including phenoxy) is 2. The molecule has 1 fully saturated rings. The van der Waals surface area contributed by atoms with Gasteiger partial charge in [0.2, 0.25) is 0 Å². The SMILES string of the molecule is COc1ccc2c(c1)CCC1=C2NC(N)=NC1c1ccc(N2CCOCC2)cc1.Cl. The largest absolute Gasteiger partial charge is 0.497 e. The van der Waals surface area contributed by atoms with Crippen molar-refractivity contribution >= 4 is 29.8 Å². The van der Waals surface area contributed by atoms with E-state index in [1.807, 2.05) is 6.07 Å². The van der Waals surface area contributed by atoms with Crippen LogP contribution in [0.25, 0.3) is 5.70 Å². The molecular weight excluding hydrogens is 400 g/mol. The first-order chi connectivity index (χ1) is 14.2. The van der Waals surface area contributed by atoms with E-state index in [4.69, 9.17) is 20.2 Å². The number of rotatable bonds is 3. The number of hydrogen-bond donors (Lipinski definition) is 2. The second kappa shape index (κ2) is 8.58. The number of nitrogens with one attached hydrogen (secondary N) is 1. The second-order valence-corrected chi connectivity index (χ2v) is 7.66. The van der Waals surface area contributed by atoms with E-state index >= 15 is 0 Å². The summed E-state index contributed by atoms with van der Waals surface area (Å²) in [6.07, 6.45) is 1.93. The fourth-order valence-electron chi connectivity index (χ4n) is 4.48. The maximum atomic E-state index is 6.19. The van der Waals surface area contributed by atoms with Crippen LogP contribution in [0.2, 0.25) is 0 Å². The van der Waals surface area contributed by atoms with Crippen molar-refractivity contribution in [3.8, 4) is 5.75 Å². The van der Waals surface area contributed by atoms with E-state index in [-0.39, 0.29) is 18.4 Å². The summed E-state index contributed by atoms with van der Waals surface area (Å²) in [5.41, 5.74) is 13.5. The topological polar surface area (TPSA) is 72.1 Å². The quantitative estimate of drug-likeness (QED) is 0.788. The lowest BCUT2D eigenvalue weighted by molar-refractivity contribution is 0.122. The first kappa shape index (κ1) is 20.6. The number of nitrogens with two attached hydrogens (primary N) is 1. The van der Waals surface area contributed by atoms with Crippen LogP contribution in [0.1, 0.15) is 29.2 Å². The Hall–Kier alpha value is -2.70. The minimum atomic E-state index is -0.0414. The Morgan fingerprint density at radius 2 is 1.87 bits per heavy atom. The third-order valence-corrected chi connectivity index (χ3v) is 6.00. The fraction of sp³-hybridized carbons (Fsp3) is 0.348. The molecule has 0 saturated carbocycles. The molecule has 7 heteroatoms. The van der Waals surface area contributed by atoms with E-state index in [1.54, 1.807) is 7.11 Å². The Labute approximate surface area is 183 Å². The van der Waals surface area contributed by atoms with Crippen molar-refractivity contribution in [2.24, 2.45) is 10.7 Å². The van der Waals surface area contributed by atoms with E-state index in [1.165, 1.54) is 28.0 Å². The van der Waals surface area contributed by atoms with Gasteiger partial charge in [-0.15, -0.1) is 12.4 Å². The van der Waals surface area contributed by atoms with Gasteiger partial charge in [-0.05, 0) is 59.9 Å². The number of nitrogens with zero attached hydrogens (tertiary/aromatic N) is 2. The molecule has 2 aliphatic heterocycles. The van der Waals surface area contributed by atoms with Gasteiger partial charge in [-0.3, -0.25) is 0 Å². The molecule has 2 aromatic carbocycles.